The molecule has 34 heavy (non-hydrogen) atoms. The molecule has 0 fully saturated rings. The molecule has 0 spiro atoms. The number of rotatable bonds is 8. The second kappa shape index (κ2) is 10.7. The molecule has 0 bridgehead atoms. The second-order valence-electron chi connectivity index (χ2n) is 7.81. The van der Waals surface area contributed by atoms with Gasteiger partial charge in [0.05, 0.1) is 6.61 Å². The maximum atomic E-state index is 14.6. The molecule has 6 heteroatoms. The number of hydrogen-bond donors (Lipinski definition) is 0. The second-order valence-corrected chi connectivity index (χ2v) is 7.81. The number of methoxy groups -OCH3 is 1. The van der Waals surface area contributed by atoms with Crippen LogP contribution in [-0.4, -0.2) is 19.0 Å². The highest BCUT2D eigenvalue weighted by atomic mass is 19.1. The summed E-state index contributed by atoms with van der Waals surface area (Å²) in [5, 5.41) is 0. The van der Waals surface area contributed by atoms with E-state index in [1.807, 2.05) is 30.3 Å². The third-order valence-electron chi connectivity index (χ3n) is 4.95. The van der Waals surface area contributed by atoms with Crippen molar-refractivity contribution in [1.82, 2.24) is 0 Å². The number of ether oxygens (including phenoxy) is 3. The Labute approximate surface area is 198 Å². The highest BCUT2D eigenvalue weighted by molar-refractivity contribution is 5.89. The number of halogens is 1. The fraction of sp³-hybridized carbons (Fsp3) is 0.143. The quantitative estimate of drug-likeness (QED) is 0.225. The van der Waals surface area contributed by atoms with Gasteiger partial charge in [-0.2, -0.15) is 0 Å². The van der Waals surface area contributed by atoms with Gasteiger partial charge in [0.15, 0.2) is 11.6 Å². The highest BCUT2D eigenvalue weighted by Crippen LogP contribution is 2.32. The Morgan fingerprint density at radius 2 is 1.38 bits per heavy atom. The Kier molecular flexibility index (Phi) is 7.76. The molecule has 0 unspecified atom stereocenters. The van der Waals surface area contributed by atoms with E-state index < -0.39 is 17.8 Å². The molecule has 0 aliphatic heterocycles. The van der Waals surface area contributed by atoms with Gasteiger partial charge >= 0.3 is 11.9 Å². The lowest BCUT2D eigenvalue weighted by molar-refractivity contribution is -0.131. The fourth-order valence-electron chi connectivity index (χ4n) is 3.18. The lowest BCUT2D eigenvalue weighted by Gasteiger charge is -2.13. The van der Waals surface area contributed by atoms with Gasteiger partial charge in [0.2, 0.25) is 0 Å². The Morgan fingerprint density at radius 1 is 0.794 bits per heavy atom. The van der Waals surface area contributed by atoms with Crippen molar-refractivity contribution in [2.75, 3.05) is 7.11 Å². The monoisotopic (exact) mass is 460 g/mol. The summed E-state index contributed by atoms with van der Waals surface area (Å²) in [6.07, 6.45) is 0. The number of benzene rings is 3. The van der Waals surface area contributed by atoms with Crippen molar-refractivity contribution in [3.8, 4) is 33.8 Å². The van der Waals surface area contributed by atoms with Crippen LogP contribution in [0.3, 0.4) is 0 Å². The average Bonchev–Trinajstić information content (AvgIpc) is 2.81. The van der Waals surface area contributed by atoms with Crippen molar-refractivity contribution in [3.05, 3.63) is 96.3 Å². The van der Waals surface area contributed by atoms with Crippen LogP contribution in [0.4, 0.5) is 4.39 Å². The van der Waals surface area contributed by atoms with Gasteiger partial charge in [0.25, 0.3) is 0 Å². The SMILES string of the molecule is C=C(C)C(=O)Oc1ccc(-c2ccc(-c3ccc(OC(=O)C(=C)C)c(F)c3)c(COC)c2)cc1. The zero-order valence-corrected chi connectivity index (χ0v) is 19.3. The van der Waals surface area contributed by atoms with Gasteiger partial charge in [-0.05, 0) is 72.0 Å². The molecule has 0 amide bonds. The Bertz CT molecular complexity index is 1260. The van der Waals surface area contributed by atoms with Gasteiger partial charge in [-0.25, -0.2) is 14.0 Å². The van der Waals surface area contributed by atoms with E-state index in [4.69, 9.17) is 14.2 Å². The first-order chi connectivity index (χ1) is 16.2. The molecule has 0 atom stereocenters. The maximum Gasteiger partial charge on any atom is 0.338 e. The number of esters is 2. The molecule has 0 saturated carbocycles. The Morgan fingerprint density at radius 3 is 1.97 bits per heavy atom. The first kappa shape index (κ1) is 24.6. The van der Waals surface area contributed by atoms with Crippen molar-refractivity contribution >= 4 is 11.9 Å². The highest BCUT2D eigenvalue weighted by Gasteiger charge is 2.14. The molecule has 3 aromatic carbocycles. The molecule has 5 nitrogen and oxygen atoms in total. The number of carbonyl (C=O) groups is 2. The van der Waals surface area contributed by atoms with E-state index in [0.717, 1.165) is 22.3 Å². The van der Waals surface area contributed by atoms with Crippen molar-refractivity contribution in [2.45, 2.75) is 20.5 Å². The first-order valence-corrected chi connectivity index (χ1v) is 10.5. The standard InChI is InChI=1S/C28H25FO5/c1-17(2)27(30)33-23-10-6-19(7-11-23)20-8-12-24(22(14-20)16-32-5)21-9-13-26(25(29)15-21)34-28(31)18(3)4/h6-15H,1,3,16H2,2,4-5H3. The van der Waals surface area contributed by atoms with E-state index in [-0.39, 0.29) is 11.3 Å². The number of hydrogen-bond acceptors (Lipinski definition) is 5. The summed E-state index contributed by atoms with van der Waals surface area (Å²) in [7, 11) is 1.59. The molecule has 3 rings (SSSR count). The molecule has 0 radical (unpaired) electrons. The van der Waals surface area contributed by atoms with Crippen LogP contribution in [-0.2, 0) is 20.9 Å². The van der Waals surface area contributed by atoms with Crippen LogP contribution in [0, 0.1) is 5.82 Å². The predicted octanol–water partition coefficient (Wildman–Crippen LogP) is 6.27. The largest absolute Gasteiger partial charge is 0.423 e. The lowest BCUT2D eigenvalue weighted by atomic mass is 9.95. The minimum Gasteiger partial charge on any atom is -0.423 e. The summed E-state index contributed by atoms with van der Waals surface area (Å²) in [6, 6.07) is 17.3. The van der Waals surface area contributed by atoms with E-state index in [1.54, 1.807) is 32.2 Å². The molecule has 0 aliphatic rings. The summed E-state index contributed by atoms with van der Waals surface area (Å²) in [4.78, 5) is 23.4. The molecule has 0 saturated heterocycles. The van der Waals surface area contributed by atoms with E-state index in [0.29, 0.717) is 23.5 Å². The van der Waals surface area contributed by atoms with Crippen molar-refractivity contribution in [1.29, 1.82) is 0 Å². The van der Waals surface area contributed by atoms with E-state index in [2.05, 4.69) is 13.2 Å². The van der Waals surface area contributed by atoms with E-state index >= 15 is 0 Å². The van der Waals surface area contributed by atoms with Gasteiger partial charge in [-0.15, -0.1) is 0 Å². The molecule has 0 aliphatic carbocycles. The first-order valence-electron chi connectivity index (χ1n) is 10.5. The van der Waals surface area contributed by atoms with Crippen molar-refractivity contribution in [3.63, 3.8) is 0 Å². The molecule has 3 aromatic rings. The van der Waals surface area contributed by atoms with Crippen molar-refractivity contribution in [2.24, 2.45) is 0 Å². The lowest BCUT2D eigenvalue weighted by Crippen LogP contribution is -2.09. The van der Waals surface area contributed by atoms with Gasteiger partial charge < -0.3 is 14.2 Å². The third kappa shape index (κ3) is 5.85. The predicted molar refractivity (Wildman–Crippen MR) is 129 cm³/mol. The summed E-state index contributed by atoms with van der Waals surface area (Å²) in [6.45, 7) is 10.5. The van der Waals surface area contributed by atoms with Crippen molar-refractivity contribution < 1.29 is 28.2 Å². The summed E-state index contributed by atoms with van der Waals surface area (Å²) < 4.78 is 30.2. The smallest absolute Gasteiger partial charge is 0.338 e. The molecule has 0 N–H and O–H groups in total. The zero-order chi connectivity index (χ0) is 24.8. The van der Waals surface area contributed by atoms with Gasteiger partial charge in [-0.1, -0.05) is 43.5 Å². The minimum absolute atomic E-state index is 0.158. The van der Waals surface area contributed by atoms with Crippen LogP contribution < -0.4 is 9.47 Å². The zero-order valence-electron chi connectivity index (χ0n) is 19.3. The van der Waals surface area contributed by atoms with Crippen LogP contribution in [0.1, 0.15) is 19.4 Å². The molecular weight excluding hydrogens is 435 g/mol. The van der Waals surface area contributed by atoms with Crippen LogP contribution in [0.25, 0.3) is 22.3 Å². The normalized spacial score (nSPS) is 10.5. The van der Waals surface area contributed by atoms with E-state index in [9.17, 15) is 14.0 Å². The van der Waals surface area contributed by atoms with Gasteiger partial charge in [0.1, 0.15) is 5.75 Å². The summed E-state index contributed by atoms with van der Waals surface area (Å²) >= 11 is 0. The molecule has 0 aromatic heterocycles. The maximum absolute atomic E-state index is 14.6. The number of carbonyl (C=O) groups excluding carboxylic acids is 2. The van der Waals surface area contributed by atoms with E-state index in [1.165, 1.54) is 19.1 Å². The van der Waals surface area contributed by atoms with Crippen LogP contribution >= 0.6 is 0 Å². The van der Waals surface area contributed by atoms with Crippen LogP contribution in [0.15, 0.2) is 85.0 Å². The third-order valence-corrected chi connectivity index (χ3v) is 4.95. The van der Waals surface area contributed by atoms with Crippen LogP contribution in [0.2, 0.25) is 0 Å². The average molecular weight is 461 g/mol. The van der Waals surface area contributed by atoms with Gasteiger partial charge in [-0.3, -0.25) is 0 Å². The van der Waals surface area contributed by atoms with Gasteiger partial charge in [0, 0.05) is 18.3 Å². The minimum atomic E-state index is -0.684. The summed E-state index contributed by atoms with van der Waals surface area (Å²) in [5.41, 5.74) is 4.59. The van der Waals surface area contributed by atoms with Crippen LogP contribution in [0.5, 0.6) is 11.5 Å². The molecule has 174 valence electrons. The Hall–Kier alpha value is -4.03. The molecular formula is C28H25FO5. The summed E-state index contributed by atoms with van der Waals surface area (Å²) in [5.74, 6) is -1.55. The molecule has 0 heterocycles. The fourth-order valence-corrected chi connectivity index (χ4v) is 3.18. The topological polar surface area (TPSA) is 61.8 Å². The Balaban J connectivity index is 1.89.